The lowest BCUT2D eigenvalue weighted by Crippen LogP contribution is -2.20. The summed E-state index contributed by atoms with van der Waals surface area (Å²) in [5, 5.41) is 12.5. The summed E-state index contributed by atoms with van der Waals surface area (Å²) in [5.41, 5.74) is 0.674. The zero-order valence-corrected chi connectivity index (χ0v) is 12.6. The van der Waals surface area contributed by atoms with Gasteiger partial charge in [0.15, 0.2) is 0 Å². The molecule has 0 bridgehead atoms. The predicted octanol–water partition coefficient (Wildman–Crippen LogP) is 4.46. The standard InChI is InChI=1S/C18H22O2/c1-6-20-18(4,5)16-12-8-9-13-14(16)10-7-11-15(13)17(2,3)19/h6-12,19H,1H2,2-5H3. The molecule has 0 saturated carbocycles. The van der Waals surface area contributed by atoms with E-state index < -0.39 is 11.2 Å². The maximum atomic E-state index is 10.3. The minimum Gasteiger partial charge on any atom is -0.491 e. The molecule has 0 aliphatic carbocycles. The summed E-state index contributed by atoms with van der Waals surface area (Å²) >= 11 is 0. The summed E-state index contributed by atoms with van der Waals surface area (Å²) in [6.45, 7) is 11.3. The van der Waals surface area contributed by atoms with Crippen LogP contribution in [-0.2, 0) is 15.9 Å². The third-order valence-electron chi connectivity index (χ3n) is 3.61. The van der Waals surface area contributed by atoms with Crippen molar-refractivity contribution in [3.63, 3.8) is 0 Å². The van der Waals surface area contributed by atoms with E-state index in [1.807, 2.05) is 38.1 Å². The van der Waals surface area contributed by atoms with Crippen molar-refractivity contribution >= 4 is 10.8 Å². The van der Waals surface area contributed by atoms with Crippen LogP contribution in [-0.4, -0.2) is 5.11 Å². The molecular formula is C18H22O2. The van der Waals surface area contributed by atoms with Crippen LogP contribution in [0.25, 0.3) is 10.8 Å². The maximum Gasteiger partial charge on any atom is 0.128 e. The number of aliphatic hydroxyl groups is 1. The molecule has 2 nitrogen and oxygen atoms in total. The molecule has 0 saturated heterocycles. The van der Waals surface area contributed by atoms with Crippen LogP contribution in [0.2, 0.25) is 0 Å². The van der Waals surface area contributed by atoms with Gasteiger partial charge in [-0.05, 0) is 44.0 Å². The highest BCUT2D eigenvalue weighted by atomic mass is 16.5. The van der Waals surface area contributed by atoms with Gasteiger partial charge in [-0.25, -0.2) is 0 Å². The zero-order valence-electron chi connectivity index (χ0n) is 12.6. The smallest absolute Gasteiger partial charge is 0.128 e. The van der Waals surface area contributed by atoms with E-state index in [0.717, 1.165) is 21.9 Å². The van der Waals surface area contributed by atoms with Crippen molar-refractivity contribution in [2.24, 2.45) is 0 Å². The van der Waals surface area contributed by atoms with Crippen molar-refractivity contribution in [3.05, 3.63) is 60.4 Å². The number of rotatable bonds is 4. The molecule has 0 heterocycles. The molecule has 0 radical (unpaired) electrons. The second kappa shape index (κ2) is 4.95. The number of ether oxygens (including phenoxy) is 1. The molecular weight excluding hydrogens is 248 g/mol. The first kappa shape index (κ1) is 14.6. The first-order valence-corrected chi connectivity index (χ1v) is 6.81. The van der Waals surface area contributed by atoms with E-state index in [-0.39, 0.29) is 0 Å². The molecule has 0 aliphatic heterocycles. The van der Waals surface area contributed by atoms with Crippen LogP contribution >= 0.6 is 0 Å². The summed E-state index contributed by atoms with van der Waals surface area (Å²) in [6.07, 6.45) is 1.47. The molecule has 2 rings (SSSR count). The van der Waals surface area contributed by atoms with Gasteiger partial charge in [-0.2, -0.15) is 0 Å². The largest absolute Gasteiger partial charge is 0.491 e. The number of hydrogen-bond acceptors (Lipinski definition) is 2. The Morgan fingerprint density at radius 2 is 1.45 bits per heavy atom. The molecule has 0 fully saturated rings. The van der Waals surface area contributed by atoms with Gasteiger partial charge in [0.1, 0.15) is 5.60 Å². The Kier molecular flexibility index (Phi) is 3.61. The van der Waals surface area contributed by atoms with Crippen molar-refractivity contribution in [3.8, 4) is 0 Å². The Bertz CT molecular complexity index is 633. The fourth-order valence-electron chi connectivity index (χ4n) is 2.64. The second-order valence-corrected chi connectivity index (χ2v) is 6.06. The highest BCUT2D eigenvalue weighted by Crippen LogP contribution is 2.35. The molecule has 20 heavy (non-hydrogen) atoms. The average Bonchev–Trinajstić information content (AvgIpc) is 2.36. The van der Waals surface area contributed by atoms with Crippen molar-refractivity contribution in [2.75, 3.05) is 0 Å². The Labute approximate surface area is 120 Å². The summed E-state index contributed by atoms with van der Waals surface area (Å²) in [4.78, 5) is 0. The number of hydrogen-bond donors (Lipinski definition) is 1. The van der Waals surface area contributed by atoms with E-state index in [1.165, 1.54) is 6.26 Å². The van der Waals surface area contributed by atoms with E-state index >= 15 is 0 Å². The molecule has 2 aromatic rings. The molecule has 2 heteroatoms. The first-order valence-electron chi connectivity index (χ1n) is 6.81. The molecule has 106 valence electrons. The third-order valence-corrected chi connectivity index (χ3v) is 3.61. The lowest BCUT2D eigenvalue weighted by Gasteiger charge is -2.27. The highest BCUT2D eigenvalue weighted by molar-refractivity contribution is 5.90. The molecule has 0 atom stereocenters. The Morgan fingerprint density at radius 1 is 0.950 bits per heavy atom. The normalized spacial score (nSPS) is 12.4. The molecule has 0 unspecified atom stereocenters. The lowest BCUT2D eigenvalue weighted by molar-refractivity contribution is 0.0573. The van der Waals surface area contributed by atoms with E-state index in [2.05, 4.69) is 18.7 Å². The quantitative estimate of drug-likeness (QED) is 0.831. The van der Waals surface area contributed by atoms with Crippen LogP contribution in [0.4, 0.5) is 0 Å². The van der Waals surface area contributed by atoms with E-state index in [1.54, 1.807) is 13.8 Å². The molecule has 1 N–H and O–H groups in total. The summed E-state index contributed by atoms with van der Waals surface area (Å²) in [7, 11) is 0. The van der Waals surface area contributed by atoms with E-state index in [9.17, 15) is 5.11 Å². The average molecular weight is 270 g/mol. The lowest BCUT2D eigenvalue weighted by atomic mass is 9.87. The van der Waals surface area contributed by atoms with Crippen molar-refractivity contribution in [1.29, 1.82) is 0 Å². The van der Waals surface area contributed by atoms with Gasteiger partial charge in [0.25, 0.3) is 0 Å². The topological polar surface area (TPSA) is 29.5 Å². The van der Waals surface area contributed by atoms with E-state index in [0.29, 0.717) is 0 Å². The van der Waals surface area contributed by atoms with Crippen LogP contribution in [0.1, 0.15) is 38.8 Å². The molecule has 2 aromatic carbocycles. The van der Waals surface area contributed by atoms with Crippen molar-refractivity contribution < 1.29 is 9.84 Å². The highest BCUT2D eigenvalue weighted by Gasteiger charge is 2.25. The van der Waals surface area contributed by atoms with Gasteiger partial charge in [-0.3, -0.25) is 0 Å². The second-order valence-electron chi connectivity index (χ2n) is 6.06. The van der Waals surface area contributed by atoms with Gasteiger partial charge in [0.05, 0.1) is 11.9 Å². The molecule has 0 spiro atoms. The zero-order chi connectivity index (χ0) is 15.0. The maximum absolute atomic E-state index is 10.3. The van der Waals surface area contributed by atoms with Gasteiger partial charge < -0.3 is 9.84 Å². The third kappa shape index (κ3) is 2.56. The Balaban J connectivity index is 2.75. The molecule has 0 aromatic heterocycles. The minimum absolute atomic E-state index is 0.459. The van der Waals surface area contributed by atoms with Crippen LogP contribution in [0, 0.1) is 0 Å². The SMILES string of the molecule is C=COC(C)(C)c1cccc2c(C(C)(C)O)cccc12. The first-order chi connectivity index (χ1) is 9.27. The monoisotopic (exact) mass is 270 g/mol. The van der Waals surface area contributed by atoms with Crippen LogP contribution in [0.15, 0.2) is 49.2 Å². The van der Waals surface area contributed by atoms with Crippen LogP contribution in [0.5, 0.6) is 0 Å². The van der Waals surface area contributed by atoms with Gasteiger partial charge >= 0.3 is 0 Å². The van der Waals surface area contributed by atoms with Crippen LogP contribution in [0.3, 0.4) is 0 Å². The Morgan fingerprint density at radius 3 is 1.95 bits per heavy atom. The number of benzene rings is 2. The van der Waals surface area contributed by atoms with Gasteiger partial charge in [0.2, 0.25) is 0 Å². The van der Waals surface area contributed by atoms with Gasteiger partial charge in [-0.1, -0.05) is 43.0 Å². The summed E-state index contributed by atoms with van der Waals surface area (Å²) in [6, 6.07) is 12.1. The minimum atomic E-state index is -0.873. The fourth-order valence-corrected chi connectivity index (χ4v) is 2.64. The predicted molar refractivity (Wildman–Crippen MR) is 83.5 cm³/mol. The fraction of sp³-hybridized carbons (Fsp3) is 0.333. The molecule has 0 aliphatic rings. The van der Waals surface area contributed by atoms with Crippen molar-refractivity contribution in [2.45, 2.75) is 38.9 Å². The van der Waals surface area contributed by atoms with E-state index in [4.69, 9.17) is 4.74 Å². The van der Waals surface area contributed by atoms with Crippen molar-refractivity contribution in [1.82, 2.24) is 0 Å². The summed E-state index contributed by atoms with van der Waals surface area (Å²) < 4.78 is 5.65. The van der Waals surface area contributed by atoms with Crippen LogP contribution < -0.4 is 0 Å². The molecule has 0 amide bonds. The van der Waals surface area contributed by atoms with Gasteiger partial charge in [0, 0.05) is 5.56 Å². The van der Waals surface area contributed by atoms with Gasteiger partial charge in [-0.15, -0.1) is 0 Å². The number of fused-ring (bicyclic) bond motifs is 1. The Hall–Kier alpha value is -1.80. The summed E-state index contributed by atoms with van der Waals surface area (Å²) in [5.74, 6) is 0.